The van der Waals surface area contributed by atoms with Crippen LogP contribution in [0.15, 0.2) is 0 Å². The van der Waals surface area contributed by atoms with Gasteiger partial charge in [-0.2, -0.15) is 0 Å². The second kappa shape index (κ2) is 6.76. The molecular formula is C10H16O7. The lowest BCUT2D eigenvalue weighted by atomic mass is 9.99. The van der Waals surface area contributed by atoms with Crippen LogP contribution in [0.2, 0.25) is 0 Å². The molecule has 0 aromatic heterocycles. The highest BCUT2D eigenvalue weighted by Gasteiger charge is 2.46. The van der Waals surface area contributed by atoms with Gasteiger partial charge in [-0.3, -0.25) is 0 Å². The van der Waals surface area contributed by atoms with Gasteiger partial charge in [0.05, 0.1) is 6.61 Å². The number of aliphatic hydroxyl groups excluding tert-OH is 4. The molecule has 0 amide bonds. The Hall–Kier alpha value is -0.880. The molecule has 0 spiro atoms. The summed E-state index contributed by atoms with van der Waals surface area (Å²) in [4.78, 5) is 0. The first-order valence-corrected chi connectivity index (χ1v) is 5.05. The maximum Gasteiger partial charge on any atom is 0.187 e. The van der Waals surface area contributed by atoms with Crippen molar-refractivity contribution < 1.29 is 34.6 Å². The molecule has 0 saturated carbocycles. The lowest BCUT2D eigenvalue weighted by molar-refractivity contribution is -0.293. The van der Waals surface area contributed by atoms with Gasteiger partial charge in [-0.1, -0.05) is 0 Å². The number of methoxy groups -OCH3 is 1. The van der Waals surface area contributed by atoms with E-state index in [2.05, 4.69) is 12.0 Å². The van der Waals surface area contributed by atoms with Crippen molar-refractivity contribution in [3.8, 4) is 12.0 Å². The van der Waals surface area contributed by atoms with E-state index in [0.717, 1.165) is 0 Å². The smallest absolute Gasteiger partial charge is 0.187 e. The minimum absolute atomic E-state index is 0.396. The second-order valence-electron chi connectivity index (χ2n) is 3.46. The summed E-state index contributed by atoms with van der Waals surface area (Å²) < 4.78 is 14.9. The van der Waals surface area contributed by atoms with E-state index in [0.29, 0.717) is 0 Å². The summed E-state index contributed by atoms with van der Waals surface area (Å²) in [6, 6.07) is 0. The van der Waals surface area contributed by atoms with E-state index in [1.54, 1.807) is 0 Å². The highest BCUT2D eigenvalue weighted by molar-refractivity contribution is 4.96. The fourth-order valence-corrected chi connectivity index (χ4v) is 1.53. The van der Waals surface area contributed by atoms with E-state index in [1.807, 2.05) is 0 Å². The van der Waals surface area contributed by atoms with Crippen molar-refractivity contribution in [2.75, 3.05) is 20.3 Å². The van der Waals surface area contributed by atoms with Crippen molar-refractivity contribution in [1.82, 2.24) is 0 Å². The summed E-state index contributed by atoms with van der Waals surface area (Å²) in [7, 11) is 1.32. The van der Waals surface area contributed by atoms with Crippen LogP contribution in [0.1, 0.15) is 0 Å². The zero-order chi connectivity index (χ0) is 12.8. The van der Waals surface area contributed by atoms with Crippen LogP contribution in [0.25, 0.3) is 0 Å². The third-order valence-electron chi connectivity index (χ3n) is 2.40. The SMILES string of the molecule is CO[C@@H]1O[C@H](CO)[C@H](O)[C@H](OC#CCO)[C@H]1O. The lowest BCUT2D eigenvalue weighted by Gasteiger charge is -2.39. The molecule has 1 aliphatic rings. The van der Waals surface area contributed by atoms with Crippen molar-refractivity contribution >= 4 is 0 Å². The predicted octanol–water partition coefficient (Wildman–Crippen LogP) is -2.59. The molecule has 0 unspecified atom stereocenters. The van der Waals surface area contributed by atoms with Crippen LogP contribution < -0.4 is 0 Å². The van der Waals surface area contributed by atoms with Gasteiger partial charge >= 0.3 is 0 Å². The summed E-state index contributed by atoms with van der Waals surface area (Å²) in [5.41, 5.74) is 0. The van der Waals surface area contributed by atoms with E-state index in [9.17, 15) is 10.2 Å². The number of hydrogen-bond acceptors (Lipinski definition) is 7. The number of rotatable bonds is 3. The standard InChI is InChI=1S/C10H16O7/c1-15-10-8(14)9(16-4-2-3-11)7(13)6(5-12)17-10/h6-14H,3,5H2,1H3/t6-,7+,8-,9+,10-/m1/s1. The van der Waals surface area contributed by atoms with Crippen LogP contribution in [-0.2, 0) is 14.2 Å². The van der Waals surface area contributed by atoms with Gasteiger partial charge in [0, 0.05) is 7.11 Å². The van der Waals surface area contributed by atoms with Crippen molar-refractivity contribution in [1.29, 1.82) is 0 Å². The average Bonchev–Trinajstić information content (AvgIpc) is 2.34. The predicted molar refractivity (Wildman–Crippen MR) is 54.5 cm³/mol. The van der Waals surface area contributed by atoms with Crippen LogP contribution in [-0.4, -0.2) is 71.5 Å². The molecule has 0 aromatic rings. The zero-order valence-electron chi connectivity index (χ0n) is 9.31. The molecule has 1 aliphatic heterocycles. The molecule has 5 atom stereocenters. The molecule has 1 fully saturated rings. The monoisotopic (exact) mass is 248 g/mol. The minimum atomic E-state index is -1.24. The Morgan fingerprint density at radius 2 is 1.94 bits per heavy atom. The van der Waals surface area contributed by atoms with Crippen LogP contribution in [0, 0.1) is 12.0 Å². The number of ether oxygens (including phenoxy) is 3. The Balaban J connectivity index is 2.74. The van der Waals surface area contributed by atoms with E-state index >= 15 is 0 Å². The molecule has 7 heteroatoms. The molecule has 7 nitrogen and oxygen atoms in total. The van der Waals surface area contributed by atoms with Crippen LogP contribution in [0.3, 0.4) is 0 Å². The summed E-state index contributed by atoms with van der Waals surface area (Å²) in [6.45, 7) is -0.840. The van der Waals surface area contributed by atoms with E-state index in [-0.39, 0.29) is 0 Å². The van der Waals surface area contributed by atoms with Gasteiger partial charge in [-0.05, 0) is 5.92 Å². The molecular weight excluding hydrogens is 232 g/mol. The van der Waals surface area contributed by atoms with E-state index in [1.165, 1.54) is 7.11 Å². The van der Waals surface area contributed by atoms with Crippen LogP contribution in [0.4, 0.5) is 0 Å². The summed E-state index contributed by atoms with van der Waals surface area (Å²) in [6.07, 6.45) is -3.37. The van der Waals surface area contributed by atoms with Crippen molar-refractivity contribution in [2.45, 2.75) is 30.7 Å². The summed E-state index contributed by atoms with van der Waals surface area (Å²) in [5, 5.41) is 37.0. The summed E-state index contributed by atoms with van der Waals surface area (Å²) in [5.74, 6) is 2.22. The average molecular weight is 248 g/mol. The Kier molecular flexibility index (Phi) is 5.64. The minimum Gasteiger partial charge on any atom is -0.437 e. The van der Waals surface area contributed by atoms with Gasteiger partial charge < -0.3 is 34.6 Å². The van der Waals surface area contributed by atoms with Gasteiger partial charge in [0.2, 0.25) is 0 Å². The van der Waals surface area contributed by atoms with E-state index < -0.39 is 43.9 Å². The summed E-state index contributed by atoms with van der Waals surface area (Å²) >= 11 is 0. The maximum absolute atomic E-state index is 9.76. The highest BCUT2D eigenvalue weighted by Crippen LogP contribution is 2.23. The first kappa shape index (κ1) is 14.2. The molecule has 1 saturated heterocycles. The number of hydrogen-bond donors (Lipinski definition) is 4. The maximum atomic E-state index is 9.76. The fourth-order valence-electron chi connectivity index (χ4n) is 1.53. The molecule has 98 valence electrons. The fraction of sp³-hybridized carbons (Fsp3) is 0.800. The molecule has 1 rings (SSSR count). The Morgan fingerprint density at radius 3 is 2.47 bits per heavy atom. The third kappa shape index (κ3) is 3.29. The first-order chi connectivity index (χ1) is 8.15. The highest BCUT2D eigenvalue weighted by atomic mass is 16.7. The van der Waals surface area contributed by atoms with Gasteiger partial charge in [-0.15, -0.1) is 0 Å². The Labute approximate surface area is 98.5 Å². The van der Waals surface area contributed by atoms with Crippen LogP contribution in [0.5, 0.6) is 0 Å². The van der Waals surface area contributed by atoms with Gasteiger partial charge in [0.1, 0.15) is 31.0 Å². The first-order valence-electron chi connectivity index (χ1n) is 5.05. The van der Waals surface area contributed by atoms with Crippen LogP contribution >= 0.6 is 0 Å². The lowest BCUT2D eigenvalue weighted by Crippen LogP contribution is -2.59. The molecule has 0 aliphatic carbocycles. The molecule has 4 N–H and O–H groups in total. The third-order valence-corrected chi connectivity index (χ3v) is 2.40. The number of aliphatic hydroxyl groups is 4. The molecule has 17 heavy (non-hydrogen) atoms. The molecule has 1 heterocycles. The topological polar surface area (TPSA) is 109 Å². The normalized spacial score (nSPS) is 37.1. The molecule has 0 aromatic carbocycles. The Bertz CT molecular complexity index is 268. The van der Waals surface area contributed by atoms with Crippen molar-refractivity contribution in [3.63, 3.8) is 0 Å². The second-order valence-corrected chi connectivity index (χ2v) is 3.46. The molecule has 0 radical (unpaired) electrons. The van der Waals surface area contributed by atoms with Crippen molar-refractivity contribution in [2.24, 2.45) is 0 Å². The van der Waals surface area contributed by atoms with E-state index in [4.69, 9.17) is 24.4 Å². The Morgan fingerprint density at radius 1 is 1.24 bits per heavy atom. The molecule has 0 bridgehead atoms. The van der Waals surface area contributed by atoms with Crippen molar-refractivity contribution in [3.05, 3.63) is 0 Å². The largest absolute Gasteiger partial charge is 0.437 e. The van der Waals surface area contributed by atoms with Gasteiger partial charge in [-0.25, -0.2) is 0 Å². The quantitative estimate of drug-likeness (QED) is 0.406. The van der Waals surface area contributed by atoms with Gasteiger partial charge in [0.25, 0.3) is 0 Å². The zero-order valence-corrected chi connectivity index (χ0v) is 9.31. The van der Waals surface area contributed by atoms with Gasteiger partial charge in [0.15, 0.2) is 12.4 Å².